The van der Waals surface area contributed by atoms with E-state index in [1.807, 2.05) is 36.9 Å². The van der Waals surface area contributed by atoms with E-state index in [0.717, 1.165) is 28.0 Å². The largest absolute Gasteiger partial charge is 0.476 e. The molecule has 3 nitrogen and oxygen atoms in total. The zero-order valence-corrected chi connectivity index (χ0v) is 12.4. The molecule has 1 heterocycles. The number of nitrogens with zero attached hydrogens (tertiary/aromatic N) is 1. The Bertz CT molecular complexity index is 457. The van der Waals surface area contributed by atoms with Crippen LogP contribution in [-0.4, -0.2) is 18.1 Å². The molecule has 1 aliphatic heterocycles. The number of carbonyl (C=O) groups excluding carboxylic acids is 1. The lowest BCUT2D eigenvalue weighted by Gasteiger charge is -2.38. The van der Waals surface area contributed by atoms with Crippen LogP contribution in [0.5, 0.6) is 5.75 Å². The molecule has 1 aromatic carbocycles. The van der Waals surface area contributed by atoms with E-state index >= 15 is 0 Å². The Morgan fingerprint density at radius 1 is 1.41 bits per heavy atom. The predicted octanol–water partition coefficient (Wildman–Crippen LogP) is 3.21. The van der Waals surface area contributed by atoms with Crippen molar-refractivity contribution in [3.8, 4) is 5.75 Å². The van der Waals surface area contributed by atoms with Crippen LogP contribution in [-0.2, 0) is 4.79 Å². The van der Waals surface area contributed by atoms with Crippen molar-refractivity contribution in [2.45, 2.75) is 32.8 Å². The Kier molecular flexibility index (Phi) is 3.34. The molecule has 1 aliphatic rings. The molecule has 92 valence electrons. The van der Waals surface area contributed by atoms with Crippen molar-refractivity contribution in [2.75, 3.05) is 11.4 Å². The number of hydrogen-bond acceptors (Lipinski definition) is 2. The fraction of sp³-hybridized carbons (Fsp3) is 0.462. The Morgan fingerprint density at radius 3 is 2.76 bits per heavy atom. The average Bonchev–Trinajstić information content (AvgIpc) is 2.24. The molecule has 0 aromatic heterocycles. The number of halogens is 1. The number of anilines is 1. The first-order valence-electron chi connectivity index (χ1n) is 5.76. The van der Waals surface area contributed by atoms with E-state index in [1.165, 1.54) is 0 Å². The second kappa shape index (κ2) is 4.48. The molecule has 0 N–H and O–H groups in total. The highest BCUT2D eigenvalue weighted by atomic mass is 127. The molecule has 0 atom stereocenters. The van der Waals surface area contributed by atoms with Gasteiger partial charge in [-0.25, -0.2) is 0 Å². The SMILES string of the molecule is CCCN1C(=O)C(C)(C)Oc2cc(I)ccc21. The normalized spacial score (nSPS) is 17.6. The Morgan fingerprint density at radius 2 is 2.12 bits per heavy atom. The molecule has 1 amide bonds. The minimum atomic E-state index is -0.771. The van der Waals surface area contributed by atoms with Gasteiger partial charge < -0.3 is 9.64 Å². The Hall–Kier alpha value is -0.780. The van der Waals surface area contributed by atoms with Crippen LogP contribution in [0.3, 0.4) is 0 Å². The van der Waals surface area contributed by atoms with Gasteiger partial charge in [0, 0.05) is 10.1 Å². The van der Waals surface area contributed by atoms with E-state index in [9.17, 15) is 4.79 Å². The summed E-state index contributed by atoms with van der Waals surface area (Å²) in [7, 11) is 0. The molecular formula is C13H16INO2. The molecule has 0 fully saturated rings. The number of rotatable bonds is 2. The average molecular weight is 345 g/mol. The van der Waals surface area contributed by atoms with E-state index in [0.29, 0.717) is 0 Å². The molecule has 0 bridgehead atoms. The van der Waals surface area contributed by atoms with Gasteiger partial charge in [-0.05, 0) is 61.1 Å². The summed E-state index contributed by atoms with van der Waals surface area (Å²) in [6.07, 6.45) is 0.938. The minimum absolute atomic E-state index is 0.0352. The maximum Gasteiger partial charge on any atom is 0.270 e. The van der Waals surface area contributed by atoms with Crippen LogP contribution in [0, 0.1) is 3.57 Å². The first-order chi connectivity index (χ1) is 7.95. The van der Waals surface area contributed by atoms with Crippen LogP contribution in [0.4, 0.5) is 5.69 Å². The predicted molar refractivity (Wildman–Crippen MR) is 76.5 cm³/mol. The quantitative estimate of drug-likeness (QED) is 0.771. The first kappa shape index (κ1) is 12.7. The van der Waals surface area contributed by atoms with Gasteiger partial charge in [0.25, 0.3) is 5.91 Å². The van der Waals surface area contributed by atoms with Crippen molar-refractivity contribution in [2.24, 2.45) is 0 Å². The van der Waals surface area contributed by atoms with Gasteiger partial charge in [0.2, 0.25) is 0 Å². The van der Waals surface area contributed by atoms with Crippen LogP contribution in [0.2, 0.25) is 0 Å². The van der Waals surface area contributed by atoms with E-state index in [1.54, 1.807) is 0 Å². The summed E-state index contributed by atoms with van der Waals surface area (Å²) in [6.45, 7) is 6.45. The molecule has 0 aliphatic carbocycles. The van der Waals surface area contributed by atoms with Gasteiger partial charge in [-0.3, -0.25) is 4.79 Å². The molecule has 0 radical (unpaired) electrons. The summed E-state index contributed by atoms with van der Waals surface area (Å²) >= 11 is 2.25. The van der Waals surface area contributed by atoms with Crippen LogP contribution in [0.15, 0.2) is 18.2 Å². The van der Waals surface area contributed by atoms with Gasteiger partial charge in [0.05, 0.1) is 5.69 Å². The summed E-state index contributed by atoms with van der Waals surface area (Å²) in [5, 5.41) is 0. The highest BCUT2D eigenvalue weighted by Gasteiger charge is 2.40. The van der Waals surface area contributed by atoms with Crippen molar-refractivity contribution in [1.29, 1.82) is 0 Å². The lowest BCUT2D eigenvalue weighted by molar-refractivity contribution is -0.132. The molecule has 0 saturated heterocycles. The van der Waals surface area contributed by atoms with Crippen LogP contribution < -0.4 is 9.64 Å². The molecular weight excluding hydrogens is 329 g/mol. The highest BCUT2D eigenvalue weighted by Crippen LogP contribution is 2.38. The Balaban J connectivity index is 2.50. The smallest absolute Gasteiger partial charge is 0.270 e. The van der Waals surface area contributed by atoms with Crippen molar-refractivity contribution in [3.05, 3.63) is 21.8 Å². The lowest BCUT2D eigenvalue weighted by Crippen LogP contribution is -2.52. The maximum absolute atomic E-state index is 12.3. The number of amides is 1. The molecule has 1 aromatic rings. The molecule has 0 spiro atoms. The molecule has 2 rings (SSSR count). The number of fused-ring (bicyclic) bond motifs is 1. The highest BCUT2D eigenvalue weighted by molar-refractivity contribution is 14.1. The van der Waals surface area contributed by atoms with Gasteiger partial charge in [-0.2, -0.15) is 0 Å². The Labute approximate surface area is 115 Å². The van der Waals surface area contributed by atoms with Crippen LogP contribution in [0.25, 0.3) is 0 Å². The standard InChI is InChI=1S/C13H16INO2/c1-4-7-15-10-6-5-9(14)8-11(10)17-13(2,3)12(15)16/h5-6,8H,4,7H2,1-3H3. The second-order valence-electron chi connectivity index (χ2n) is 4.68. The van der Waals surface area contributed by atoms with Crippen molar-refractivity contribution in [1.82, 2.24) is 0 Å². The summed E-state index contributed by atoms with van der Waals surface area (Å²) in [6, 6.07) is 5.93. The second-order valence-corrected chi connectivity index (χ2v) is 5.93. The zero-order valence-electron chi connectivity index (χ0n) is 10.3. The van der Waals surface area contributed by atoms with Gasteiger partial charge in [-0.1, -0.05) is 6.92 Å². The molecule has 0 unspecified atom stereocenters. The van der Waals surface area contributed by atoms with E-state index in [4.69, 9.17) is 4.74 Å². The van der Waals surface area contributed by atoms with Gasteiger partial charge in [0.1, 0.15) is 5.75 Å². The molecule has 4 heteroatoms. The minimum Gasteiger partial charge on any atom is -0.476 e. The fourth-order valence-electron chi connectivity index (χ4n) is 1.99. The number of benzene rings is 1. The topological polar surface area (TPSA) is 29.5 Å². The fourth-order valence-corrected chi connectivity index (χ4v) is 2.45. The van der Waals surface area contributed by atoms with E-state index < -0.39 is 5.60 Å². The monoisotopic (exact) mass is 345 g/mol. The summed E-state index contributed by atoms with van der Waals surface area (Å²) in [5.41, 5.74) is 0.115. The molecule has 0 saturated carbocycles. The number of ether oxygens (including phenoxy) is 1. The maximum atomic E-state index is 12.3. The van der Waals surface area contributed by atoms with Crippen molar-refractivity contribution in [3.63, 3.8) is 0 Å². The first-order valence-corrected chi connectivity index (χ1v) is 6.84. The number of hydrogen-bond donors (Lipinski definition) is 0. The van der Waals surface area contributed by atoms with E-state index in [2.05, 4.69) is 29.5 Å². The third-order valence-corrected chi connectivity index (χ3v) is 3.46. The van der Waals surface area contributed by atoms with Crippen LogP contribution >= 0.6 is 22.6 Å². The van der Waals surface area contributed by atoms with Crippen molar-refractivity contribution >= 4 is 34.2 Å². The van der Waals surface area contributed by atoms with Gasteiger partial charge in [-0.15, -0.1) is 0 Å². The van der Waals surface area contributed by atoms with E-state index in [-0.39, 0.29) is 5.91 Å². The summed E-state index contributed by atoms with van der Waals surface area (Å²) < 4.78 is 6.91. The third kappa shape index (κ3) is 2.27. The number of carbonyl (C=O) groups is 1. The van der Waals surface area contributed by atoms with Gasteiger partial charge >= 0.3 is 0 Å². The lowest BCUT2D eigenvalue weighted by atomic mass is 10.0. The summed E-state index contributed by atoms with van der Waals surface area (Å²) in [4.78, 5) is 14.1. The summed E-state index contributed by atoms with van der Waals surface area (Å²) in [5.74, 6) is 0.836. The van der Waals surface area contributed by atoms with Crippen LogP contribution in [0.1, 0.15) is 27.2 Å². The third-order valence-electron chi connectivity index (χ3n) is 2.79. The molecule has 17 heavy (non-hydrogen) atoms. The van der Waals surface area contributed by atoms with Gasteiger partial charge in [0.15, 0.2) is 5.60 Å². The van der Waals surface area contributed by atoms with Crippen molar-refractivity contribution < 1.29 is 9.53 Å². The zero-order chi connectivity index (χ0) is 12.6.